The first-order valence-electron chi connectivity index (χ1n) is 11.8. The maximum atomic E-state index is 12.9. The average molecular weight is 466 g/mol. The number of amides is 3. The summed E-state index contributed by atoms with van der Waals surface area (Å²) in [4.78, 5) is 25.0. The molecule has 1 aliphatic carbocycles. The maximum absolute atomic E-state index is 12.9. The first-order chi connectivity index (χ1) is 17.1. The summed E-state index contributed by atoms with van der Waals surface area (Å²) in [6.45, 7) is 0.975. The first-order valence-corrected chi connectivity index (χ1v) is 11.8. The van der Waals surface area contributed by atoms with Gasteiger partial charge in [-0.3, -0.25) is 9.48 Å². The third-order valence-corrected chi connectivity index (χ3v) is 5.81. The van der Waals surface area contributed by atoms with Crippen LogP contribution in [0.3, 0.4) is 0 Å². The first kappa shape index (κ1) is 22.4. The minimum Gasteiger partial charge on any atom is -0.348 e. The van der Waals surface area contributed by atoms with E-state index in [2.05, 4.69) is 28.1 Å². The molecule has 0 saturated heterocycles. The van der Waals surface area contributed by atoms with Crippen molar-refractivity contribution in [3.63, 3.8) is 0 Å². The van der Waals surface area contributed by atoms with Crippen molar-refractivity contribution < 1.29 is 9.59 Å². The van der Waals surface area contributed by atoms with Gasteiger partial charge in [-0.25, -0.2) is 4.79 Å². The van der Waals surface area contributed by atoms with Crippen LogP contribution >= 0.6 is 0 Å². The van der Waals surface area contributed by atoms with Gasteiger partial charge < -0.3 is 16.0 Å². The summed E-state index contributed by atoms with van der Waals surface area (Å²) in [7, 11) is 0. The molecule has 176 valence electrons. The fourth-order valence-electron chi connectivity index (χ4n) is 3.88. The lowest BCUT2D eigenvalue weighted by atomic mass is 10.1. The van der Waals surface area contributed by atoms with Crippen LogP contribution in [0.1, 0.15) is 34.3 Å². The Bertz CT molecular complexity index is 1310. The van der Waals surface area contributed by atoms with Crippen molar-refractivity contribution in [3.8, 4) is 11.3 Å². The lowest BCUT2D eigenvalue weighted by molar-refractivity contribution is 0.0951. The second kappa shape index (κ2) is 10.3. The molecule has 0 aliphatic heterocycles. The van der Waals surface area contributed by atoms with E-state index in [-0.39, 0.29) is 18.0 Å². The number of aromatic nitrogens is 2. The van der Waals surface area contributed by atoms with Crippen molar-refractivity contribution >= 4 is 17.6 Å². The molecule has 1 fully saturated rings. The highest BCUT2D eigenvalue weighted by Crippen LogP contribution is 2.23. The van der Waals surface area contributed by atoms with E-state index in [1.54, 1.807) is 24.3 Å². The Balaban J connectivity index is 1.29. The van der Waals surface area contributed by atoms with Crippen molar-refractivity contribution in [1.29, 1.82) is 0 Å². The van der Waals surface area contributed by atoms with Crippen LogP contribution in [0.5, 0.6) is 0 Å². The highest BCUT2D eigenvalue weighted by molar-refractivity contribution is 5.97. The number of rotatable bonds is 8. The Labute approximate surface area is 204 Å². The predicted octanol–water partition coefficient (Wildman–Crippen LogP) is 4.81. The van der Waals surface area contributed by atoms with Gasteiger partial charge in [-0.05, 0) is 36.6 Å². The Morgan fingerprint density at radius 3 is 2.40 bits per heavy atom. The summed E-state index contributed by atoms with van der Waals surface area (Å²) in [6, 6.07) is 27.1. The molecule has 0 unspecified atom stereocenters. The molecular weight excluding hydrogens is 438 g/mol. The van der Waals surface area contributed by atoms with Crippen molar-refractivity contribution in [3.05, 3.63) is 108 Å². The van der Waals surface area contributed by atoms with Crippen LogP contribution in [0.2, 0.25) is 0 Å². The maximum Gasteiger partial charge on any atom is 0.319 e. The molecule has 1 aliphatic rings. The van der Waals surface area contributed by atoms with E-state index in [4.69, 9.17) is 5.10 Å². The van der Waals surface area contributed by atoms with Crippen LogP contribution < -0.4 is 16.0 Å². The van der Waals surface area contributed by atoms with Gasteiger partial charge in [-0.2, -0.15) is 5.10 Å². The molecule has 4 aromatic rings. The molecule has 3 amide bonds. The summed E-state index contributed by atoms with van der Waals surface area (Å²) in [5.74, 6) is -0.217. The Kier molecular flexibility index (Phi) is 6.57. The standard InChI is InChI=1S/C28H27N5O2/c34-27(22-12-7-13-25(16-22)31-28(35)30-24-14-15-24)29-17-23-19-33(18-20-8-3-1-4-9-20)32-26(23)21-10-5-2-6-11-21/h1-13,16,19,24H,14-15,17-18H2,(H,29,34)(H2,30,31,35). The number of nitrogens with zero attached hydrogens (tertiary/aromatic N) is 2. The Hall–Kier alpha value is -4.39. The molecule has 35 heavy (non-hydrogen) atoms. The normalized spacial score (nSPS) is 12.7. The molecule has 7 heteroatoms. The summed E-state index contributed by atoms with van der Waals surface area (Å²) in [6.07, 6.45) is 4.02. The van der Waals surface area contributed by atoms with Gasteiger partial charge in [0.05, 0.1) is 12.2 Å². The lowest BCUT2D eigenvalue weighted by Crippen LogP contribution is -2.30. The number of nitrogens with one attached hydrogen (secondary N) is 3. The topological polar surface area (TPSA) is 88.1 Å². The summed E-state index contributed by atoms with van der Waals surface area (Å²) < 4.78 is 1.90. The third kappa shape index (κ3) is 5.95. The molecule has 0 spiro atoms. The predicted molar refractivity (Wildman–Crippen MR) is 136 cm³/mol. The molecule has 5 rings (SSSR count). The minimum atomic E-state index is -0.247. The van der Waals surface area contributed by atoms with E-state index in [1.165, 1.54) is 0 Å². The van der Waals surface area contributed by atoms with Crippen LogP contribution in [-0.2, 0) is 13.1 Å². The number of anilines is 1. The van der Waals surface area contributed by atoms with E-state index in [9.17, 15) is 9.59 Å². The molecule has 1 aromatic heterocycles. The van der Waals surface area contributed by atoms with Crippen LogP contribution in [0, 0.1) is 0 Å². The zero-order valence-electron chi connectivity index (χ0n) is 19.3. The van der Waals surface area contributed by atoms with Gasteiger partial charge in [0.1, 0.15) is 0 Å². The van der Waals surface area contributed by atoms with Crippen molar-refractivity contribution in [2.75, 3.05) is 5.32 Å². The van der Waals surface area contributed by atoms with E-state index in [0.717, 1.165) is 35.2 Å². The number of urea groups is 1. The van der Waals surface area contributed by atoms with E-state index in [1.807, 2.05) is 59.4 Å². The third-order valence-electron chi connectivity index (χ3n) is 5.81. The van der Waals surface area contributed by atoms with Crippen molar-refractivity contribution in [2.45, 2.75) is 32.0 Å². The Morgan fingerprint density at radius 1 is 0.914 bits per heavy atom. The highest BCUT2D eigenvalue weighted by Gasteiger charge is 2.23. The zero-order chi connectivity index (χ0) is 24.0. The second-order valence-corrected chi connectivity index (χ2v) is 8.69. The van der Waals surface area contributed by atoms with Gasteiger partial charge in [0.2, 0.25) is 0 Å². The lowest BCUT2D eigenvalue weighted by Gasteiger charge is -2.09. The monoisotopic (exact) mass is 465 g/mol. The molecule has 0 radical (unpaired) electrons. The van der Waals surface area contributed by atoms with Gasteiger partial charge in [0.15, 0.2) is 0 Å². The summed E-state index contributed by atoms with van der Waals surface area (Å²) >= 11 is 0. The van der Waals surface area contributed by atoms with E-state index in [0.29, 0.717) is 24.3 Å². The van der Waals surface area contributed by atoms with Crippen LogP contribution in [0.15, 0.2) is 91.1 Å². The van der Waals surface area contributed by atoms with Gasteiger partial charge in [0.25, 0.3) is 5.91 Å². The molecule has 1 heterocycles. The van der Waals surface area contributed by atoms with Crippen molar-refractivity contribution in [1.82, 2.24) is 20.4 Å². The summed E-state index contributed by atoms with van der Waals surface area (Å²) in [5, 5.41) is 13.5. The van der Waals surface area contributed by atoms with Crippen LogP contribution in [0.4, 0.5) is 10.5 Å². The van der Waals surface area contributed by atoms with Gasteiger partial charge in [0, 0.05) is 41.2 Å². The molecular formula is C28H27N5O2. The number of benzene rings is 3. The number of hydrogen-bond acceptors (Lipinski definition) is 3. The van der Waals surface area contributed by atoms with Gasteiger partial charge >= 0.3 is 6.03 Å². The fraction of sp³-hybridized carbons (Fsp3) is 0.179. The van der Waals surface area contributed by atoms with E-state index < -0.39 is 0 Å². The van der Waals surface area contributed by atoms with Gasteiger partial charge in [-0.15, -0.1) is 0 Å². The zero-order valence-corrected chi connectivity index (χ0v) is 19.3. The number of hydrogen-bond donors (Lipinski definition) is 3. The molecule has 1 saturated carbocycles. The molecule has 0 bridgehead atoms. The minimum absolute atomic E-state index is 0.217. The van der Waals surface area contributed by atoms with Crippen molar-refractivity contribution in [2.24, 2.45) is 0 Å². The van der Waals surface area contributed by atoms with E-state index >= 15 is 0 Å². The molecule has 0 atom stereocenters. The fourth-order valence-corrected chi connectivity index (χ4v) is 3.88. The summed E-state index contributed by atoms with van der Waals surface area (Å²) in [5.41, 5.74) is 4.98. The number of carbonyl (C=O) groups excluding carboxylic acids is 2. The second-order valence-electron chi connectivity index (χ2n) is 8.69. The van der Waals surface area contributed by atoms with Gasteiger partial charge in [-0.1, -0.05) is 66.7 Å². The number of carbonyl (C=O) groups is 2. The molecule has 7 nitrogen and oxygen atoms in total. The SMILES string of the molecule is O=C(Nc1cccc(C(=O)NCc2cn(Cc3ccccc3)nc2-c2ccccc2)c1)NC1CC1. The quantitative estimate of drug-likeness (QED) is 0.349. The highest BCUT2D eigenvalue weighted by atomic mass is 16.2. The van der Waals surface area contributed by atoms with Crippen LogP contribution in [0.25, 0.3) is 11.3 Å². The average Bonchev–Trinajstić information content (AvgIpc) is 3.60. The smallest absolute Gasteiger partial charge is 0.319 e. The van der Waals surface area contributed by atoms with Crippen LogP contribution in [-0.4, -0.2) is 27.8 Å². The largest absolute Gasteiger partial charge is 0.348 e. The molecule has 3 N–H and O–H groups in total. The molecule has 3 aromatic carbocycles. The Morgan fingerprint density at radius 2 is 1.66 bits per heavy atom.